The highest BCUT2D eigenvalue weighted by molar-refractivity contribution is 9.10. The molecule has 1 N–H and O–H groups in total. The fourth-order valence-corrected chi connectivity index (χ4v) is 3.72. The van der Waals surface area contributed by atoms with Gasteiger partial charge in [0.25, 0.3) is 0 Å². The summed E-state index contributed by atoms with van der Waals surface area (Å²) >= 11 is 3.41. The number of carbonyl (C=O) groups is 2. The summed E-state index contributed by atoms with van der Waals surface area (Å²) in [5.74, 6) is -1.70. The van der Waals surface area contributed by atoms with Crippen molar-refractivity contribution in [3.8, 4) is 0 Å². The highest BCUT2D eigenvalue weighted by Crippen LogP contribution is 2.30. The van der Waals surface area contributed by atoms with Gasteiger partial charge in [-0.2, -0.15) is 0 Å². The molecule has 4 nitrogen and oxygen atoms in total. The van der Waals surface area contributed by atoms with Gasteiger partial charge >= 0.3 is 5.97 Å². The van der Waals surface area contributed by atoms with Crippen LogP contribution in [0.2, 0.25) is 0 Å². The molecule has 0 aliphatic heterocycles. The van der Waals surface area contributed by atoms with E-state index in [2.05, 4.69) is 15.9 Å². The van der Waals surface area contributed by atoms with E-state index in [1.807, 2.05) is 32.9 Å². The Morgan fingerprint density at radius 3 is 2.13 bits per heavy atom. The van der Waals surface area contributed by atoms with Gasteiger partial charge in [0.1, 0.15) is 5.69 Å². The van der Waals surface area contributed by atoms with Crippen LogP contribution in [0.4, 0.5) is 0 Å². The van der Waals surface area contributed by atoms with Crippen LogP contribution in [0, 0.1) is 20.8 Å². The summed E-state index contributed by atoms with van der Waals surface area (Å²) in [6.07, 6.45) is 0. The van der Waals surface area contributed by atoms with Crippen LogP contribution in [0.3, 0.4) is 0 Å². The topological polar surface area (TPSA) is 59.3 Å². The number of nitrogens with zero attached hydrogens (tertiary/aromatic N) is 1. The number of benzene rings is 1. The van der Waals surface area contributed by atoms with Crippen LogP contribution in [0.15, 0.2) is 22.7 Å². The van der Waals surface area contributed by atoms with E-state index in [4.69, 9.17) is 0 Å². The number of hydrogen-bond donors (Lipinski definition) is 1. The van der Waals surface area contributed by atoms with Crippen molar-refractivity contribution in [1.82, 2.24) is 4.57 Å². The van der Waals surface area contributed by atoms with Gasteiger partial charge in [-0.25, -0.2) is 0 Å². The van der Waals surface area contributed by atoms with E-state index in [9.17, 15) is 14.7 Å². The molecule has 2 aromatic rings. The second-order valence-electron chi connectivity index (χ2n) is 5.99. The van der Waals surface area contributed by atoms with E-state index >= 15 is 0 Å². The molecular formula is C18H20BrNO3. The largest absolute Gasteiger partial charge is 0.481 e. The number of aryl methyl sites for hydroxylation is 3. The minimum atomic E-state index is -0.917. The lowest BCUT2D eigenvalue weighted by Gasteiger charge is -2.13. The number of ketones is 1. The van der Waals surface area contributed by atoms with Crippen molar-refractivity contribution < 1.29 is 14.7 Å². The first-order valence-electron chi connectivity index (χ1n) is 7.35. The monoisotopic (exact) mass is 377 g/mol. The van der Waals surface area contributed by atoms with Gasteiger partial charge < -0.3 is 9.67 Å². The molecule has 5 heteroatoms. The zero-order valence-corrected chi connectivity index (χ0v) is 15.5. The summed E-state index contributed by atoms with van der Waals surface area (Å²) in [7, 11) is 1.73. The van der Waals surface area contributed by atoms with E-state index in [0.29, 0.717) is 21.4 Å². The maximum atomic E-state index is 13.0. The Labute approximate surface area is 144 Å². The van der Waals surface area contributed by atoms with E-state index in [1.165, 1.54) is 0 Å². The summed E-state index contributed by atoms with van der Waals surface area (Å²) < 4.78 is 2.29. The lowest BCUT2D eigenvalue weighted by atomic mass is 9.95. The lowest BCUT2D eigenvalue weighted by molar-refractivity contribution is -0.138. The van der Waals surface area contributed by atoms with Crippen LogP contribution in [0.5, 0.6) is 0 Å². The summed E-state index contributed by atoms with van der Waals surface area (Å²) in [6.45, 7) is 7.45. The summed E-state index contributed by atoms with van der Waals surface area (Å²) in [5, 5.41) is 9.22. The normalized spacial score (nSPS) is 12.3. The molecule has 1 unspecified atom stereocenters. The van der Waals surface area contributed by atoms with Crippen LogP contribution in [-0.4, -0.2) is 21.4 Å². The van der Waals surface area contributed by atoms with Gasteiger partial charge in [-0.05, 0) is 60.8 Å². The molecule has 122 valence electrons. The zero-order valence-electron chi connectivity index (χ0n) is 13.9. The van der Waals surface area contributed by atoms with Crippen molar-refractivity contribution in [2.45, 2.75) is 33.6 Å². The number of carboxylic acid groups (broad SMARTS) is 1. The van der Waals surface area contributed by atoms with Gasteiger partial charge in [-0.3, -0.25) is 9.59 Å². The molecule has 1 atom stereocenters. The predicted octanol–water partition coefficient (Wildman–Crippen LogP) is 4.13. The average molecular weight is 378 g/mol. The fraction of sp³-hybridized carbons (Fsp3) is 0.333. The molecule has 0 saturated heterocycles. The summed E-state index contributed by atoms with van der Waals surface area (Å²) in [5.41, 5.74) is 4.70. The lowest BCUT2D eigenvalue weighted by Crippen LogP contribution is -2.16. The Morgan fingerprint density at radius 1 is 1.13 bits per heavy atom. The van der Waals surface area contributed by atoms with Gasteiger partial charge in [-0.1, -0.05) is 17.7 Å². The molecule has 0 aliphatic rings. The van der Waals surface area contributed by atoms with E-state index in [1.54, 1.807) is 24.6 Å². The van der Waals surface area contributed by atoms with Crippen LogP contribution in [0.1, 0.15) is 51.3 Å². The van der Waals surface area contributed by atoms with Crippen molar-refractivity contribution >= 4 is 27.7 Å². The molecule has 23 heavy (non-hydrogen) atoms. The number of aromatic nitrogens is 1. The highest BCUT2D eigenvalue weighted by Gasteiger charge is 2.26. The fourth-order valence-electron chi connectivity index (χ4n) is 3.04. The van der Waals surface area contributed by atoms with E-state index in [-0.39, 0.29) is 5.78 Å². The highest BCUT2D eigenvalue weighted by atomic mass is 79.9. The Bertz CT molecular complexity index is 782. The smallest absolute Gasteiger partial charge is 0.312 e. The number of hydrogen-bond acceptors (Lipinski definition) is 2. The summed E-state index contributed by atoms with van der Waals surface area (Å²) in [6, 6.07) is 5.68. The molecule has 0 spiro atoms. The van der Waals surface area contributed by atoms with Crippen molar-refractivity contribution in [2.75, 3.05) is 0 Å². The van der Waals surface area contributed by atoms with E-state index < -0.39 is 11.9 Å². The molecule has 1 aromatic carbocycles. The molecular weight excluding hydrogens is 358 g/mol. The average Bonchev–Trinajstić information content (AvgIpc) is 2.71. The third kappa shape index (κ3) is 3.11. The number of carbonyl (C=O) groups excluding carboxylic acids is 1. The third-order valence-electron chi connectivity index (χ3n) is 4.16. The number of carboxylic acids is 1. The van der Waals surface area contributed by atoms with Crippen LogP contribution in [-0.2, 0) is 11.8 Å². The Hall–Kier alpha value is -1.88. The number of aliphatic carboxylic acids is 1. The van der Waals surface area contributed by atoms with E-state index in [0.717, 1.165) is 16.7 Å². The van der Waals surface area contributed by atoms with Crippen molar-refractivity contribution in [1.29, 1.82) is 0 Å². The minimum absolute atomic E-state index is 0.0989. The van der Waals surface area contributed by atoms with Crippen LogP contribution >= 0.6 is 15.9 Å². The number of halogens is 1. The van der Waals surface area contributed by atoms with Gasteiger partial charge in [0.05, 0.1) is 5.92 Å². The SMILES string of the molecule is Cc1cc(C)c(C(=O)c2c(Br)cc(C(C)C(=O)O)n2C)c(C)c1. The predicted molar refractivity (Wildman–Crippen MR) is 93.2 cm³/mol. The van der Waals surface area contributed by atoms with Gasteiger partial charge in [0, 0.05) is 22.8 Å². The minimum Gasteiger partial charge on any atom is -0.481 e. The Kier molecular flexibility index (Phi) is 4.80. The third-order valence-corrected chi connectivity index (χ3v) is 4.76. The maximum absolute atomic E-state index is 13.0. The number of rotatable bonds is 4. The molecule has 0 bridgehead atoms. The quantitative estimate of drug-likeness (QED) is 0.814. The first-order chi connectivity index (χ1) is 10.6. The zero-order chi connectivity index (χ0) is 17.5. The van der Waals surface area contributed by atoms with Gasteiger partial charge in [-0.15, -0.1) is 0 Å². The maximum Gasteiger partial charge on any atom is 0.312 e. The first kappa shape index (κ1) is 17.5. The Morgan fingerprint density at radius 2 is 1.65 bits per heavy atom. The van der Waals surface area contributed by atoms with Gasteiger partial charge in [0.15, 0.2) is 0 Å². The van der Waals surface area contributed by atoms with Crippen molar-refractivity contribution in [3.05, 3.63) is 56.3 Å². The second-order valence-corrected chi connectivity index (χ2v) is 6.84. The standard InChI is InChI=1S/C18H20BrNO3/c1-9-6-10(2)15(11(3)7-9)17(21)16-13(19)8-14(20(16)5)12(4)18(22)23/h6-8,12H,1-5H3,(H,22,23). The van der Waals surface area contributed by atoms with Gasteiger partial charge in [0.2, 0.25) is 5.78 Å². The van der Waals surface area contributed by atoms with Crippen LogP contribution in [0.25, 0.3) is 0 Å². The first-order valence-corrected chi connectivity index (χ1v) is 8.15. The molecule has 1 heterocycles. The van der Waals surface area contributed by atoms with Crippen molar-refractivity contribution in [3.63, 3.8) is 0 Å². The van der Waals surface area contributed by atoms with Crippen LogP contribution < -0.4 is 0 Å². The second kappa shape index (κ2) is 6.32. The molecule has 0 aliphatic carbocycles. The summed E-state index contributed by atoms with van der Waals surface area (Å²) in [4.78, 5) is 24.3. The molecule has 2 rings (SSSR count). The molecule has 0 amide bonds. The van der Waals surface area contributed by atoms with Crippen molar-refractivity contribution in [2.24, 2.45) is 7.05 Å². The molecule has 0 radical (unpaired) electrons. The molecule has 0 fully saturated rings. The molecule has 0 saturated carbocycles. The molecule has 1 aromatic heterocycles. The Balaban J connectivity index is 2.60.